The summed E-state index contributed by atoms with van der Waals surface area (Å²) in [5, 5.41) is 0. The Balaban J connectivity index is 1.58. The largest absolute Gasteiger partial charge is 0.270 e. The number of aryl methyl sites for hydroxylation is 1. The predicted octanol–water partition coefficient (Wildman–Crippen LogP) is 3.90. The number of imide groups is 1. The molecule has 6 nitrogen and oxygen atoms in total. The summed E-state index contributed by atoms with van der Waals surface area (Å²) < 4.78 is 14.6. The third-order valence-corrected chi connectivity index (χ3v) is 6.72. The van der Waals surface area contributed by atoms with Crippen molar-refractivity contribution >= 4 is 28.7 Å². The minimum atomic E-state index is -1.81. The van der Waals surface area contributed by atoms with E-state index in [9.17, 15) is 18.6 Å². The number of benzene rings is 3. The van der Waals surface area contributed by atoms with Gasteiger partial charge in [0.15, 0.2) is 11.0 Å². The third-order valence-electron chi connectivity index (χ3n) is 5.35. The first-order valence-corrected chi connectivity index (χ1v) is 11.4. The van der Waals surface area contributed by atoms with Crippen LogP contribution in [0.4, 0.5) is 0 Å². The number of carbonyl (C=O) groups excluding carboxylic acids is 3. The van der Waals surface area contributed by atoms with E-state index in [2.05, 4.69) is 6.58 Å². The monoisotopic (exact) mass is 458 g/mol. The summed E-state index contributed by atoms with van der Waals surface area (Å²) in [7, 11) is -1.81. The zero-order valence-electron chi connectivity index (χ0n) is 18.1. The first-order valence-electron chi connectivity index (χ1n) is 10.3. The molecule has 3 amide bonds. The van der Waals surface area contributed by atoms with Gasteiger partial charge in [-0.05, 0) is 36.8 Å². The predicted molar refractivity (Wildman–Crippen MR) is 126 cm³/mol. The van der Waals surface area contributed by atoms with Crippen molar-refractivity contribution in [3.8, 4) is 0 Å². The van der Waals surface area contributed by atoms with Gasteiger partial charge >= 0.3 is 0 Å². The molecule has 0 saturated carbocycles. The molecule has 33 heavy (non-hydrogen) atoms. The molecule has 0 aliphatic carbocycles. The topological polar surface area (TPSA) is 74.8 Å². The maximum atomic E-state index is 13.4. The lowest BCUT2D eigenvalue weighted by molar-refractivity contribution is -0.123. The SMILES string of the molecule is C=C(CN1C(=O)c2ccccc2C1=O)C(=O)N(Cc1ccccc1)[S@@](=O)c1ccc(C)cc1. The van der Waals surface area contributed by atoms with E-state index in [0.29, 0.717) is 16.0 Å². The van der Waals surface area contributed by atoms with Gasteiger partial charge in [0.05, 0.1) is 29.1 Å². The van der Waals surface area contributed by atoms with Crippen LogP contribution in [0.3, 0.4) is 0 Å². The number of amides is 3. The first kappa shape index (κ1) is 22.4. The van der Waals surface area contributed by atoms with E-state index in [4.69, 9.17) is 0 Å². The minimum absolute atomic E-state index is 0.000832. The Morgan fingerprint density at radius 3 is 2.00 bits per heavy atom. The summed E-state index contributed by atoms with van der Waals surface area (Å²) in [5.74, 6) is -1.54. The van der Waals surface area contributed by atoms with Gasteiger partial charge in [-0.15, -0.1) is 0 Å². The maximum Gasteiger partial charge on any atom is 0.263 e. The molecule has 0 unspecified atom stereocenters. The molecule has 0 spiro atoms. The highest BCUT2D eigenvalue weighted by molar-refractivity contribution is 7.83. The van der Waals surface area contributed by atoms with Crippen LogP contribution >= 0.6 is 0 Å². The van der Waals surface area contributed by atoms with Crippen LogP contribution in [-0.4, -0.2) is 37.7 Å². The molecule has 1 aliphatic heterocycles. The fourth-order valence-corrected chi connectivity index (χ4v) is 4.72. The highest BCUT2D eigenvalue weighted by Crippen LogP contribution is 2.24. The highest BCUT2D eigenvalue weighted by Gasteiger charge is 2.37. The van der Waals surface area contributed by atoms with E-state index in [1.807, 2.05) is 49.4 Å². The Morgan fingerprint density at radius 1 is 0.879 bits per heavy atom. The molecule has 1 aliphatic rings. The summed E-state index contributed by atoms with van der Waals surface area (Å²) in [4.78, 5) is 40.2. The molecule has 166 valence electrons. The molecule has 0 fully saturated rings. The maximum absolute atomic E-state index is 13.4. The molecule has 0 bridgehead atoms. The van der Waals surface area contributed by atoms with Gasteiger partial charge in [-0.1, -0.05) is 66.7 Å². The van der Waals surface area contributed by atoms with Crippen molar-refractivity contribution < 1.29 is 18.6 Å². The number of carbonyl (C=O) groups is 3. The number of fused-ring (bicyclic) bond motifs is 1. The van der Waals surface area contributed by atoms with Crippen LogP contribution in [0.2, 0.25) is 0 Å². The summed E-state index contributed by atoms with van der Waals surface area (Å²) in [6.07, 6.45) is 0. The molecule has 0 saturated heterocycles. The zero-order chi connectivity index (χ0) is 23.5. The van der Waals surface area contributed by atoms with E-state index in [-0.39, 0.29) is 18.7 Å². The summed E-state index contributed by atoms with van der Waals surface area (Å²) in [5.41, 5.74) is 2.40. The van der Waals surface area contributed by atoms with Gasteiger partial charge in [-0.25, -0.2) is 8.51 Å². The lowest BCUT2D eigenvalue weighted by atomic mass is 10.1. The summed E-state index contributed by atoms with van der Waals surface area (Å²) in [6.45, 7) is 5.56. The molecular weight excluding hydrogens is 436 g/mol. The standard InChI is InChI=1S/C26H22N2O4S/c1-18-12-14-21(15-13-18)33(32)28(17-20-8-4-3-5-9-20)24(29)19(2)16-27-25(30)22-10-6-7-11-23(22)26(27)31/h3-15H,2,16-17H2,1H3/t33-/m0/s1. The third kappa shape index (κ3) is 4.54. The van der Waals surface area contributed by atoms with Gasteiger partial charge in [0.25, 0.3) is 17.7 Å². The van der Waals surface area contributed by atoms with Crippen molar-refractivity contribution in [1.29, 1.82) is 0 Å². The van der Waals surface area contributed by atoms with E-state index in [1.54, 1.807) is 36.4 Å². The quantitative estimate of drug-likeness (QED) is 0.398. The molecule has 3 aromatic carbocycles. The van der Waals surface area contributed by atoms with Gasteiger partial charge < -0.3 is 0 Å². The normalized spacial score (nSPS) is 13.5. The average Bonchev–Trinajstić information content (AvgIpc) is 3.08. The van der Waals surface area contributed by atoms with Crippen LogP contribution in [-0.2, 0) is 22.3 Å². The van der Waals surface area contributed by atoms with Crippen molar-refractivity contribution in [2.75, 3.05) is 6.54 Å². The van der Waals surface area contributed by atoms with Gasteiger partial charge in [0, 0.05) is 5.57 Å². The average molecular weight is 459 g/mol. The van der Waals surface area contributed by atoms with Gasteiger partial charge in [0.1, 0.15) is 0 Å². The van der Waals surface area contributed by atoms with Crippen LogP contribution in [0.5, 0.6) is 0 Å². The molecule has 3 aromatic rings. The second-order valence-electron chi connectivity index (χ2n) is 7.74. The van der Waals surface area contributed by atoms with Crippen LogP contribution in [0, 0.1) is 6.92 Å². The highest BCUT2D eigenvalue weighted by atomic mass is 32.2. The Morgan fingerprint density at radius 2 is 1.42 bits per heavy atom. The molecule has 1 heterocycles. The Bertz CT molecular complexity index is 1230. The summed E-state index contributed by atoms with van der Waals surface area (Å²) in [6, 6.07) is 22.8. The zero-order valence-corrected chi connectivity index (χ0v) is 18.9. The Labute approximate surface area is 194 Å². The molecule has 7 heteroatoms. The van der Waals surface area contributed by atoms with E-state index < -0.39 is 28.7 Å². The lowest BCUT2D eigenvalue weighted by Crippen LogP contribution is -2.39. The second kappa shape index (κ2) is 9.34. The Hall–Kier alpha value is -3.84. The number of hydrogen-bond acceptors (Lipinski definition) is 4. The minimum Gasteiger partial charge on any atom is -0.270 e. The van der Waals surface area contributed by atoms with Crippen molar-refractivity contribution in [2.24, 2.45) is 0 Å². The first-order chi connectivity index (χ1) is 15.9. The van der Waals surface area contributed by atoms with E-state index in [1.165, 1.54) is 4.31 Å². The van der Waals surface area contributed by atoms with Crippen LogP contribution in [0.15, 0.2) is 95.9 Å². The van der Waals surface area contributed by atoms with Crippen LogP contribution in [0.1, 0.15) is 31.8 Å². The molecule has 1 atom stereocenters. The number of hydrogen-bond donors (Lipinski definition) is 0. The van der Waals surface area contributed by atoms with Crippen molar-refractivity contribution in [3.63, 3.8) is 0 Å². The molecular formula is C26H22N2O4S. The molecule has 4 rings (SSSR count). The van der Waals surface area contributed by atoms with Crippen molar-refractivity contribution in [2.45, 2.75) is 18.4 Å². The van der Waals surface area contributed by atoms with Crippen molar-refractivity contribution in [1.82, 2.24) is 9.21 Å². The van der Waals surface area contributed by atoms with Crippen LogP contribution < -0.4 is 0 Å². The Kier molecular flexibility index (Phi) is 6.33. The second-order valence-corrected chi connectivity index (χ2v) is 9.15. The molecule has 0 aromatic heterocycles. The lowest BCUT2D eigenvalue weighted by Gasteiger charge is -2.24. The van der Waals surface area contributed by atoms with Crippen molar-refractivity contribution in [3.05, 3.63) is 113 Å². The summed E-state index contributed by atoms with van der Waals surface area (Å²) >= 11 is 0. The van der Waals surface area contributed by atoms with E-state index >= 15 is 0 Å². The molecule has 0 N–H and O–H groups in total. The van der Waals surface area contributed by atoms with Gasteiger partial charge in [-0.2, -0.15) is 0 Å². The fourth-order valence-electron chi connectivity index (χ4n) is 3.55. The fraction of sp³-hybridized carbons (Fsp3) is 0.115. The molecule has 0 radical (unpaired) electrons. The van der Waals surface area contributed by atoms with Crippen LogP contribution in [0.25, 0.3) is 0 Å². The number of nitrogens with zero attached hydrogens (tertiary/aromatic N) is 2. The van der Waals surface area contributed by atoms with E-state index in [0.717, 1.165) is 16.0 Å². The van der Waals surface area contributed by atoms with Gasteiger partial charge in [-0.3, -0.25) is 19.3 Å². The van der Waals surface area contributed by atoms with Gasteiger partial charge in [0.2, 0.25) is 0 Å². The smallest absolute Gasteiger partial charge is 0.263 e. The number of rotatable bonds is 7.